The number of amides is 2. The molecule has 0 unspecified atom stereocenters. The van der Waals surface area contributed by atoms with Crippen molar-refractivity contribution in [1.82, 2.24) is 14.7 Å². The molecule has 2 amide bonds. The van der Waals surface area contributed by atoms with Crippen LogP contribution in [-0.4, -0.2) is 33.0 Å². The highest BCUT2D eigenvalue weighted by Gasteiger charge is 2.21. The maximum absolute atomic E-state index is 12.5. The molecule has 0 radical (unpaired) electrons. The summed E-state index contributed by atoms with van der Waals surface area (Å²) in [5.74, 6) is -0.0397. The number of benzene rings is 1. The number of fused-ring (bicyclic) bond motifs is 1. The van der Waals surface area contributed by atoms with Crippen molar-refractivity contribution in [3.05, 3.63) is 57.5 Å². The third kappa shape index (κ3) is 4.24. The summed E-state index contributed by atoms with van der Waals surface area (Å²) in [7, 11) is 0. The van der Waals surface area contributed by atoms with Gasteiger partial charge in [0.1, 0.15) is 6.54 Å². The van der Waals surface area contributed by atoms with Gasteiger partial charge < -0.3 is 10.2 Å². The molecule has 3 rings (SSSR count). The molecule has 2 aromatic rings. The Hall–Kier alpha value is -2.96. The topological polar surface area (TPSA) is 84.3 Å². The van der Waals surface area contributed by atoms with Gasteiger partial charge in [-0.15, -0.1) is 0 Å². The largest absolute Gasteiger partial charge is 0.338 e. The molecule has 142 valence electrons. The highest BCUT2D eigenvalue weighted by molar-refractivity contribution is 5.91. The zero-order valence-corrected chi connectivity index (χ0v) is 15.9. The molecule has 0 bridgehead atoms. The number of hydrogen-bond acceptors (Lipinski definition) is 4. The quantitative estimate of drug-likeness (QED) is 0.893. The highest BCUT2D eigenvalue weighted by atomic mass is 16.2. The fraction of sp³-hybridized carbons (Fsp3) is 0.400. The van der Waals surface area contributed by atoms with Crippen molar-refractivity contribution in [2.75, 3.05) is 11.9 Å². The van der Waals surface area contributed by atoms with Gasteiger partial charge in [0.2, 0.25) is 11.8 Å². The first-order valence-corrected chi connectivity index (χ1v) is 9.09. The predicted octanol–water partition coefficient (Wildman–Crippen LogP) is 1.91. The molecule has 2 heterocycles. The first-order chi connectivity index (χ1) is 12.8. The summed E-state index contributed by atoms with van der Waals surface area (Å²) in [4.78, 5) is 38.0. The summed E-state index contributed by atoms with van der Waals surface area (Å²) < 4.78 is 1.19. The van der Waals surface area contributed by atoms with Crippen molar-refractivity contribution in [2.24, 2.45) is 0 Å². The van der Waals surface area contributed by atoms with E-state index in [4.69, 9.17) is 0 Å². The number of aromatic nitrogens is 2. The molecule has 0 aliphatic carbocycles. The van der Waals surface area contributed by atoms with Crippen LogP contribution in [0.25, 0.3) is 0 Å². The van der Waals surface area contributed by atoms with E-state index in [1.54, 1.807) is 4.90 Å². The Bertz CT molecular complexity index is 933. The fourth-order valence-electron chi connectivity index (χ4n) is 3.26. The average Bonchev–Trinajstić information content (AvgIpc) is 2.62. The molecule has 0 saturated heterocycles. The lowest BCUT2D eigenvalue weighted by molar-refractivity contribution is -0.129. The molecule has 7 heteroatoms. The van der Waals surface area contributed by atoms with Crippen molar-refractivity contribution in [1.29, 1.82) is 0 Å². The third-order valence-electron chi connectivity index (χ3n) is 4.74. The van der Waals surface area contributed by atoms with E-state index in [1.807, 2.05) is 24.3 Å². The summed E-state index contributed by atoms with van der Waals surface area (Å²) in [6, 6.07) is 9.11. The zero-order chi connectivity index (χ0) is 19.6. The molecule has 1 aromatic heterocycles. The number of anilines is 1. The number of carbonyl (C=O) groups excluding carboxylic acids is 2. The van der Waals surface area contributed by atoms with E-state index in [9.17, 15) is 14.4 Å². The maximum atomic E-state index is 12.5. The van der Waals surface area contributed by atoms with Gasteiger partial charge in [-0.3, -0.25) is 14.4 Å². The van der Waals surface area contributed by atoms with Gasteiger partial charge in [0.15, 0.2) is 0 Å². The fourth-order valence-corrected chi connectivity index (χ4v) is 3.26. The number of nitrogens with zero attached hydrogens (tertiary/aromatic N) is 3. The number of nitrogens with one attached hydrogen (secondary N) is 1. The van der Waals surface area contributed by atoms with E-state index in [0.717, 1.165) is 22.5 Å². The lowest BCUT2D eigenvalue weighted by atomic mass is 10.0. The molecular formula is C20H24N4O3. The summed E-state index contributed by atoms with van der Waals surface area (Å²) in [6.45, 7) is 6.45. The standard InChI is InChI=1S/C20H24N4O3/c1-13(2)16-6-4-5-7-18(16)21-19(26)12-24-20(27)10-15-11-23(14(3)25)9-8-17(15)22-24/h4-7,10,13H,8-9,11-12H2,1-3H3,(H,21,26). The number of rotatable bonds is 4. The Morgan fingerprint density at radius 2 is 2.00 bits per heavy atom. The molecule has 1 aliphatic rings. The van der Waals surface area contributed by atoms with Crippen LogP contribution in [0, 0.1) is 0 Å². The lowest BCUT2D eigenvalue weighted by Crippen LogP contribution is -2.38. The molecule has 1 N–H and O–H groups in total. The normalized spacial score (nSPS) is 13.4. The first kappa shape index (κ1) is 18.8. The molecule has 1 aliphatic heterocycles. The van der Waals surface area contributed by atoms with E-state index >= 15 is 0 Å². The van der Waals surface area contributed by atoms with E-state index < -0.39 is 0 Å². The Balaban J connectivity index is 1.76. The van der Waals surface area contributed by atoms with Gasteiger partial charge in [-0.1, -0.05) is 32.0 Å². The average molecular weight is 368 g/mol. The summed E-state index contributed by atoms with van der Waals surface area (Å²) in [5, 5.41) is 7.23. The number of carbonyl (C=O) groups is 2. The van der Waals surface area contributed by atoms with Gasteiger partial charge in [-0.05, 0) is 17.5 Å². The first-order valence-electron chi connectivity index (χ1n) is 9.09. The van der Waals surface area contributed by atoms with Crippen molar-refractivity contribution in [2.45, 2.75) is 46.2 Å². The van der Waals surface area contributed by atoms with Crippen LogP contribution >= 0.6 is 0 Å². The van der Waals surface area contributed by atoms with Crippen LogP contribution in [0.15, 0.2) is 35.1 Å². The van der Waals surface area contributed by atoms with Gasteiger partial charge in [0.05, 0.1) is 5.69 Å². The molecule has 0 atom stereocenters. The number of hydrogen-bond donors (Lipinski definition) is 1. The van der Waals surface area contributed by atoms with Gasteiger partial charge in [-0.2, -0.15) is 5.10 Å². The summed E-state index contributed by atoms with van der Waals surface area (Å²) >= 11 is 0. The lowest BCUT2D eigenvalue weighted by Gasteiger charge is -2.27. The molecule has 0 fully saturated rings. The van der Waals surface area contributed by atoms with Crippen LogP contribution in [0.3, 0.4) is 0 Å². The summed E-state index contributed by atoms with van der Waals surface area (Å²) in [6.07, 6.45) is 0.576. The van der Waals surface area contributed by atoms with Gasteiger partial charge >= 0.3 is 0 Å². The molecule has 0 saturated carbocycles. The maximum Gasteiger partial charge on any atom is 0.267 e. The van der Waals surface area contributed by atoms with Crippen LogP contribution in [-0.2, 0) is 29.1 Å². The highest BCUT2D eigenvalue weighted by Crippen LogP contribution is 2.23. The Morgan fingerprint density at radius 3 is 2.70 bits per heavy atom. The van der Waals surface area contributed by atoms with Crippen LogP contribution in [0.5, 0.6) is 0 Å². The minimum atomic E-state index is -0.341. The minimum absolute atomic E-state index is 0.0203. The SMILES string of the molecule is CC(=O)N1CCc2nn(CC(=O)Nc3ccccc3C(C)C)c(=O)cc2C1. The van der Waals surface area contributed by atoms with Crippen molar-refractivity contribution >= 4 is 17.5 Å². The predicted molar refractivity (Wildman–Crippen MR) is 102 cm³/mol. The van der Waals surface area contributed by atoms with Gasteiger partial charge in [-0.25, -0.2) is 4.68 Å². The molecule has 0 spiro atoms. The minimum Gasteiger partial charge on any atom is -0.338 e. The van der Waals surface area contributed by atoms with Crippen LogP contribution in [0.4, 0.5) is 5.69 Å². The van der Waals surface area contributed by atoms with Crippen molar-refractivity contribution < 1.29 is 9.59 Å². The van der Waals surface area contributed by atoms with Gasteiger partial charge in [0.25, 0.3) is 5.56 Å². The molecule has 7 nitrogen and oxygen atoms in total. The molecule has 27 heavy (non-hydrogen) atoms. The van der Waals surface area contributed by atoms with E-state index in [1.165, 1.54) is 17.7 Å². The van der Waals surface area contributed by atoms with Crippen molar-refractivity contribution in [3.8, 4) is 0 Å². The second-order valence-electron chi connectivity index (χ2n) is 7.09. The molecular weight excluding hydrogens is 344 g/mol. The van der Waals surface area contributed by atoms with Crippen LogP contribution < -0.4 is 10.9 Å². The zero-order valence-electron chi connectivity index (χ0n) is 15.9. The van der Waals surface area contributed by atoms with Crippen molar-refractivity contribution in [3.63, 3.8) is 0 Å². The monoisotopic (exact) mass is 368 g/mol. The molecule has 1 aromatic carbocycles. The van der Waals surface area contributed by atoms with Crippen LogP contribution in [0.2, 0.25) is 0 Å². The summed E-state index contributed by atoms with van der Waals surface area (Å²) in [5.41, 5.74) is 2.97. The second kappa shape index (κ2) is 7.73. The Labute approximate surface area is 158 Å². The Morgan fingerprint density at radius 1 is 1.26 bits per heavy atom. The number of para-hydroxylation sites is 1. The van der Waals surface area contributed by atoms with E-state index in [0.29, 0.717) is 19.5 Å². The van der Waals surface area contributed by atoms with E-state index in [2.05, 4.69) is 24.3 Å². The van der Waals surface area contributed by atoms with Crippen LogP contribution in [0.1, 0.15) is 43.5 Å². The smallest absolute Gasteiger partial charge is 0.267 e. The Kier molecular flexibility index (Phi) is 5.39. The third-order valence-corrected chi connectivity index (χ3v) is 4.74. The van der Waals surface area contributed by atoms with E-state index in [-0.39, 0.29) is 29.8 Å². The second-order valence-corrected chi connectivity index (χ2v) is 7.09. The van der Waals surface area contributed by atoms with Gasteiger partial charge in [0, 0.05) is 43.8 Å².